The van der Waals surface area contributed by atoms with Crippen LogP contribution in [0.5, 0.6) is 0 Å². The molecule has 1 aromatic rings. The van der Waals surface area contributed by atoms with Gasteiger partial charge in [0.2, 0.25) is 0 Å². The molecule has 1 saturated carbocycles. The lowest BCUT2D eigenvalue weighted by atomic mass is 9.89. The van der Waals surface area contributed by atoms with Crippen LogP contribution in [0.25, 0.3) is 0 Å². The van der Waals surface area contributed by atoms with Gasteiger partial charge in [0.1, 0.15) is 5.60 Å². The number of hydrogen-bond acceptors (Lipinski definition) is 2. The maximum atomic E-state index is 12.7. The van der Waals surface area contributed by atoms with Gasteiger partial charge in [0, 0.05) is 12.2 Å². The van der Waals surface area contributed by atoms with E-state index >= 15 is 0 Å². The van der Waals surface area contributed by atoms with Crippen LogP contribution in [0.1, 0.15) is 54.1 Å². The maximum Gasteiger partial charge on any atom is 0.194 e. The van der Waals surface area contributed by atoms with Gasteiger partial charge in [-0.05, 0) is 58.6 Å². The van der Waals surface area contributed by atoms with E-state index in [1.807, 2.05) is 32.9 Å². The molecule has 1 fully saturated rings. The summed E-state index contributed by atoms with van der Waals surface area (Å²) < 4.78 is 5.84. The highest BCUT2D eigenvalue weighted by Gasteiger charge is 2.42. The molecular formula is C16H22O2. The second-order valence-electron chi connectivity index (χ2n) is 5.34. The Hall–Kier alpha value is -1.15. The number of carbonyl (C=O) groups excluding carboxylic acids is 1. The lowest BCUT2D eigenvalue weighted by Crippen LogP contribution is -2.39. The lowest BCUT2D eigenvalue weighted by molar-refractivity contribution is -0.0163. The normalized spacial score (nSPS) is 17.9. The van der Waals surface area contributed by atoms with E-state index in [1.165, 1.54) is 0 Å². The monoisotopic (exact) mass is 246 g/mol. The smallest absolute Gasteiger partial charge is 0.194 e. The zero-order valence-electron chi connectivity index (χ0n) is 11.6. The number of ketones is 1. The SMILES string of the molecule is CCOC1(C(=O)c2cc(C)cc(C)c2)CCCC1. The van der Waals surface area contributed by atoms with Crippen molar-refractivity contribution >= 4 is 5.78 Å². The summed E-state index contributed by atoms with van der Waals surface area (Å²) in [6, 6.07) is 6.06. The molecule has 18 heavy (non-hydrogen) atoms. The molecule has 0 spiro atoms. The molecule has 2 heteroatoms. The second-order valence-corrected chi connectivity index (χ2v) is 5.34. The first kappa shape index (κ1) is 13.3. The van der Waals surface area contributed by atoms with Crippen LogP contribution in [-0.4, -0.2) is 18.0 Å². The summed E-state index contributed by atoms with van der Waals surface area (Å²) in [5.74, 6) is 0.175. The Morgan fingerprint density at radius 1 is 1.17 bits per heavy atom. The van der Waals surface area contributed by atoms with Crippen LogP contribution < -0.4 is 0 Å². The highest BCUT2D eigenvalue weighted by Crippen LogP contribution is 2.36. The summed E-state index contributed by atoms with van der Waals surface area (Å²) in [5, 5.41) is 0. The molecule has 1 aliphatic carbocycles. The Balaban J connectivity index is 2.33. The Morgan fingerprint density at radius 3 is 2.22 bits per heavy atom. The molecule has 0 amide bonds. The van der Waals surface area contributed by atoms with E-state index in [4.69, 9.17) is 4.74 Å². The van der Waals surface area contributed by atoms with Gasteiger partial charge in [0.15, 0.2) is 5.78 Å². The Labute approximate surface area is 109 Å². The summed E-state index contributed by atoms with van der Waals surface area (Å²) >= 11 is 0. The molecule has 0 heterocycles. The standard InChI is InChI=1S/C16H22O2/c1-4-18-16(7-5-6-8-16)15(17)14-10-12(2)9-13(3)11-14/h9-11H,4-8H2,1-3H3. The summed E-state index contributed by atoms with van der Waals surface area (Å²) in [6.07, 6.45) is 3.92. The molecule has 0 unspecified atom stereocenters. The number of benzene rings is 1. The molecule has 2 rings (SSSR count). The van der Waals surface area contributed by atoms with Gasteiger partial charge in [-0.3, -0.25) is 4.79 Å². The summed E-state index contributed by atoms with van der Waals surface area (Å²) in [4.78, 5) is 12.7. The van der Waals surface area contributed by atoms with Crippen LogP contribution >= 0.6 is 0 Å². The van der Waals surface area contributed by atoms with Crippen LogP contribution in [0.2, 0.25) is 0 Å². The third kappa shape index (κ3) is 2.49. The first-order valence-corrected chi connectivity index (χ1v) is 6.84. The van der Waals surface area contributed by atoms with Crippen molar-refractivity contribution in [3.8, 4) is 0 Å². The lowest BCUT2D eigenvalue weighted by Gasteiger charge is -2.27. The Kier molecular flexibility index (Phi) is 3.86. The quantitative estimate of drug-likeness (QED) is 0.755. The van der Waals surface area contributed by atoms with Gasteiger partial charge in [0.05, 0.1) is 0 Å². The topological polar surface area (TPSA) is 26.3 Å². The minimum Gasteiger partial charge on any atom is -0.367 e. The minimum absolute atomic E-state index is 0.175. The average Bonchev–Trinajstić information content (AvgIpc) is 2.77. The molecule has 0 radical (unpaired) electrons. The molecule has 0 aromatic heterocycles. The zero-order valence-corrected chi connectivity index (χ0v) is 11.6. The van der Waals surface area contributed by atoms with E-state index < -0.39 is 5.60 Å². The molecular weight excluding hydrogens is 224 g/mol. The number of aryl methyl sites for hydroxylation is 2. The highest BCUT2D eigenvalue weighted by atomic mass is 16.5. The molecule has 0 bridgehead atoms. The van der Waals surface area contributed by atoms with Crippen molar-refractivity contribution in [2.45, 2.75) is 52.1 Å². The molecule has 0 atom stereocenters. The number of carbonyl (C=O) groups is 1. The van der Waals surface area contributed by atoms with E-state index in [1.54, 1.807) is 0 Å². The molecule has 0 saturated heterocycles. The molecule has 1 aromatic carbocycles. The zero-order chi connectivity index (χ0) is 13.2. The first-order valence-electron chi connectivity index (χ1n) is 6.84. The van der Waals surface area contributed by atoms with E-state index in [-0.39, 0.29) is 5.78 Å². The molecule has 98 valence electrons. The van der Waals surface area contributed by atoms with Crippen molar-refractivity contribution in [1.82, 2.24) is 0 Å². The van der Waals surface area contributed by atoms with Crippen molar-refractivity contribution in [3.63, 3.8) is 0 Å². The summed E-state index contributed by atoms with van der Waals surface area (Å²) in [6.45, 7) is 6.64. The fraction of sp³-hybridized carbons (Fsp3) is 0.562. The summed E-state index contributed by atoms with van der Waals surface area (Å²) in [7, 11) is 0. The number of hydrogen-bond donors (Lipinski definition) is 0. The second kappa shape index (κ2) is 5.23. The molecule has 0 N–H and O–H groups in total. The van der Waals surface area contributed by atoms with E-state index in [9.17, 15) is 4.79 Å². The highest BCUT2D eigenvalue weighted by molar-refractivity contribution is 6.03. The molecule has 1 aliphatic rings. The predicted molar refractivity (Wildman–Crippen MR) is 73.1 cm³/mol. The van der Waals surface area contributed by atoms with Gasteiger partial charge in [-0.1, -0.05) is 17.2 Å². The average molecular weight is 246 g/mol. The minimum atomic E-state index is -0.547. The third-order valence-electron chi connectivity index (χ3n) is 3.73. The largest absolute Gasteiger partial charge is 0.367 e. The number of rotatable bonds is 4. The fourth-order valence-corrected chi connectivity index (χ4v) is 3.03. The van der Waals surface area contributed by atoms with Crippen molar-refractivity contribution in [3.05, 3.63) is 34.9 Å². The third-order valence-corrected chi connectivity index (χ3v) is 3.73. The van der Waals surface area contributed by atoms with Crippen LogP contribution in [0.4, 0.5) is 0 Å². The Morgan fingerprint density at radius 2 is 1.72 bits per heavy atom. The van der Waals surface area contributed by atoms with Crippen LogP contribution in [0, 0.1) is 13.8 Å². The number of Topliss-reactive ketones (excluding diaryl/α,β-unsaturated/α-hetero) is 1. The number of ether oxygens (including phenoxy) is 1. The van der Waals surface area contributed by atoms with Gasteiger partial charge in [0.25, 0.3) is 0 Å². The van der Waals surface area contributed by atoms with E-state index in [0.29, 0.717) is 6.61 Å². The van der Waals surface area contributed by atoms with Crippen LogP contribution in [-0.2, 0) is 4.74 Å². The van der Waals surface area contributed by atoms with Crippen molar-refractivity contribution < 1.29 is 9.53 Å². The van der Waals surface area contributed by atoms with Gasteiger partial charge in [-0.25, -0.2) is 0 Å². The maximum absolute atomic E-state index is 12.7. The van der Waals surface area contributed by atoms with Gasteiger partial charge in [-0.2, -0.15) is 0 Å². The summed E-state index contributed by atoms with van der Waals surface area (Å²) in [5.41, 5.74) is 2.54. The predicted octanol–water partition coefficient (Wildman–Crippen LogP) is 3.84. The van der Waals surface area contributed by atoms with E-state index in [2.05, 4.69) is 6.07 Å². The van der Waals surface area contributed by atoms with E-state index in [0.717, 1.165) is 42.4 Å². The van der Waals surface area contributed by atoms with Crippen molar-refractivity contribution in [2.24, 2.45) is 0 Å². The van der Waals surface area contributed by atoms with Crippen LogP contribution in [0.3, 0.4) is 0 Å². The van der Waals surface area contributed by atoms with Crippen molar-refractivity contribution in [2.75, 3.05) is 6.61 Å². The van der Waals surface area contributed by atoms with Gasteiger partial charge < -0.3 is 4.74 Å². The van der Waals surface area contributed by atoms with Crippen LogP contribution in [0.15, 0.2) is 18.2 Å². The molecule has 2 nitrogen and oxygen atoms in total. The first-order chi connectivity index (χ1) is 8.57. The van der Waals surface area contributed by atoms with Gasteiger partial charge in [-0.15, -0.1) is 0 Å². The van der Waals surface area contributed by atoms with Gasteiger partial charge >= 0.3 is 0 Å². The molecule has 0 aliphatic heterocycles. The van der Waals surface area contributed by atoms with Crippen molar-refractivity contribution in [1.29, 1.82) is 0 Å². The Bertz CT molecular complexity index is 422. The fourth-order valence-electron chi connectivity index (χ4n) is 3.03.